The predicted octanol–water partition coefficient (Wildman–Crippen LogP) is 3.50. The fourth-order valence-corrected chi connectivity index (χ4v) is 3.55. The Balaban J connectivity index is 1.77. The van der Waals surface area contributed by atoms with Crippen LogP contribution in [0.15, 0.2) is 24.3 Å². The molecule has 2 aliphatic rings. The Bertz CT molecular complexity index is 360. The number of rotatable bonds is 3. The van der Waals surface area contributed by atoms with Gasteiger partial charge >= 0.3 is 0 Å². The van der Waals surface area contributed by atoms with Crippen LogP contribution in [0.4, 0.5) is 0 Å². The maximum absolute atomic E-state index is 3.48. The zero-order valence-electron chi connectivity index (χ0n) is 10.6. The summed E-state index contributed by atoms with van der Waals surface area (Å²) in [4.78, 5) is 0. The third-order valence-corrected chi connectivity index (χ3v) is 4.52. The molecule has 2 fully saturated rings. The zero-order chi connectivity index (χ0) is 11.5. The van der Waals surface area contributed by atoms with E-state index in [1.807, 2.05) is 0 Å². The van der Waals surface area contributed by atoms with E-state index in [9.17, 15) is 0 Å². The molecule has 1 saturated carbocycles. The van der Waals surface area contributed by atoms with E-state index in [0.717, 1.165) is 11.8 Å². The number of hydrogen-bond acceptors (Lipinski definition) is 1. The molecule has 1 heterocycles. The summed E-state index contributed by atoms with van der Waals surface area (Å²) in [5.41, 5.74) is 3.30. The van der Waals surface area contributed by atoms with E-state index in [4.69, 9.17) is 0 Å². The number of nitrogens with one attached hydrogen (secondary N) is 1. The molecule has 1 aliphatic heterocycles. The third kappa shape index (κ3) is 2.55. The van der Waals surface area contributed by atoms with Gasteiger partial charge < -0.3 is 5.32 Å². The summed E-state index contributed by atoms with van der Waals surface area (Å²) < 4.78 is 0. The van der Waals surface area contributed by atoms with Crippen molar-refractivity contribution in [2.24, 2.45) is 5.92 Å². The molecule has 1 unspecified atom stereocenters. The molecule has 0 aromatic heterocycles. The Morgan fingerprint density at radius 1 is 1.06 bits per heavy atom. The maximum Gasteiger partial charge on any atom is -0.00169 e. The minimum absolute atomic E-state index is 0.862. The monoisotopic (exact) mass is 229 g/mol. The molecule has 1 N–H and O–H groups in total. The van der Waals surface area contributed by atoms with Gasteiger partial charge in [0.1, 0.15) is 0 Å². The van der Waals surface area contributed by atoms with Crippen LogP contribution in [-0.2, 0) is 6.42 Å². The zero-order valence-corrected chi connectivity index (χ0v) is 10.6. The quantitative estimate of drug-likeness (QED) is 0.836. The maximum atomic E-state index is 3.48. The highest BCUT2D eigenvalue weighted by Crippen LogP contribution is 2.36. The normalized spacial score (nSPS) is 25.5. The van der Waals surface area contributed by atoms with Crippen LogP contribution in [0.2, 0.25) is 0 Å². The van der Waals surface area contributed by atoms with Gasteiger partial charge in [-0.05, 0) is 61.7 Å². The van der Waals surface area contributed by atoms with Gasteiger partial charge in [-0.15, -0.1) is 0 Å². The van der Waals surface area contributed by atoms with Crippen molar-refractivity contribution in [1.29, 1.82) is 0 Å². The first-order chi connectivity index (χ1) is 8.43. The second kappa shape index (κ2) is 5.22. The first-order valence-corrected chi connectivity index (χ1v) is 7.22. The van der Waals surface area contributed by atoms with Crippen molar-refractivity contribution >= 4 is 0 Å². The molecule has 1 atom stereocenters. The standard InChI is InChI=1S/C16H23N/c1-2-6-14(5-1)16-8-4-3-7-15(16)11-13-9-10-17-12-13/h3-4,7-8,13-14,17H,1-2,5-6,9-12H2. The predicted molar refractivity (Wildman–Crippen MR) is 72.3 cm³/mol. The Labute approximate surface area is 105 Å². The van der Waals surface area contributed by atoms with Crippen molar-refractivity contribution < 1.29 is 0 Å². The molecule has 92 valence electrons. The summed E-state index contributed by atoms with van der Waals surface area (Å²) in [6.45, 7) is 2.44. The Morgan fingerprint density at radius 3 is 2.65 bits per heavy atom. The van der Waals surface area contributed by atoms with Crippen LogP contribution >= 0.6 is 0 Å². The molecule has 0 amide bonds. The van der Waals surface area contributed by atoms with Crippen molar-refractivity contribution in [2.45, 2.75) is 44.4 Å². The second-order valence-corrected chi connectivity index (χ2v) is 5.74. The molecule has 3 rings (SSSR count). The second-order valence-electron chi connectivity index (χ2n) is 5.74. The van der Waals surface area contributed by atoms with Gasteiger partial charge in [0.05, 0.1) is 0 Å². The molecule has 1 saturated heterocycles. The van der Waals surface area contributed by atoms with Crippen molar-refractivity contribution in [2.75, 3.05) is 13.1 Å². The highest BCUT2D eigenvalue weighted by Gasteiger charge is 2.22. The van der Waals surface area contributed by atoms with Gasteiger partial charge in [-0.2, -0.15) is 0 Å². The van der Waals surface area contributed by atoms with Gasteiger partial charge in [0.25, 0.3) is 0 Å². The fourth-order valence-electron chi connectivity index (χ4n) is 3.55. The van der Waals surface area contributed by atoms with Crippen LogP contribution < -0.4 is 5.32 Å². The minimum Gasteiger partial charge on any atom is -0.316 e. The summed E-state index contributed by atoms with van der Waals surface area (Å²) in [6, 6.07) is 9.19. The first-order valence-electron chi connectivity index (χ1n) is 7.22. The van der Waals surface area contributed by atoms with Gasteiger partial charge in [0.15, 0.2) is 0 Å². The summed E-state index contributed by atoms with van der Waals surface area (Å²) in [7, 11) is 0. The van der Waals surface area contributed by atoms with E-state index in [-0.39, 0.29) is 0 Å². The van der Waals surface area contributed by atoms with Crippen LogP contribution in [0, 0.1) is 5.92 Å². The summed E-state index contributed by atoms with van der Waals surface area (Å²) in [6.07, 6.45) is 8.35. The smallest absolute Gasteiger partial charge is 0.00169 e. The van der Waals surface area contributed by atoms with Crippen LogP contribution in [0.1, 0.15) is 49.1 Å². The molecule has 1 aliphatic carbocycles. The molecular weight excluding hydrogens is 206 g/mol. The number of benzene rings is 1. The lowest BCUT2D eigenvalue weighted by Gasteiger charge is -2.17. The van der Waals surface area contributed by atoms with Crippen molar-refractivity contribution in [3.63, 3.8) is 0 Å². The van der Waals surface area contributed by atoms with Crippen LogP contribution in [0.25, 0.3) is 0 Å². The average molecular weight is 229 g/mol. The lowest BCUT2D eigenvalue weighted by molar-refractivity contribution is 0.571. The average Bonchev–Trinajstić information content (AvgIpc) is 3.01. The van der Waals surface area contributed by atoms with Crippen molar-refractivity contribution in [1.82, 2.24) is 5.32 Å². The molecule has 0 radical (unpaired) electrons. The highest BCUT2D eigenvalue weighted by atomic mass is 14.9. The first kappa shape index (κ1) is 11.3. The van der Waals surface area contributed by atoms with E-state index >= 15 is 0 Å². The molecule has 1 heteroatoms. The Morgan fingerprint density at radius 2 is 1.88 bits per heavy atom. The van der Waals surface area contributed by atoms with Crippen LogP contribution in [-0.4, -0.2) is 13.1 Å². The molecule has 1 aromatic carbocycles. The lowest BCUT2D eigenvalue weighted by Crippen LogP contribution is -2.12. The fraction of sp³-hybridized carbons (Fsp3) is 0.625. The SMILES string of the molecule is c1ccc(C2CCCC2)c(CC2CCNC2)c1. The number of hydrogen-bond donors (Lipinski definition) is 1. The van der Waals surface area contributed by atoms with E-state index in [1.165, 1.54) is 51.6 Å². The van der Waals surface area contributed by atoms with Crippen molar-refractivity contribution in [3.8, 4) is 0 Å². The largest absolute Gasteiger partial charge is 0.316 e. The Hall–Kier alpha value is -0.820. The lowest BCUT2D eigenvalue weighted by atomic mass is 9.88. The summed E-state index contributed by atoms with van der Waals surface area (Å²) in [5, 5.41) is 3.48. The van der Waals surface area contributed by atoms with E-state index in [2.05, 4.69) is 29.6 Å². The van der Waals surface area contributed by atoms with Crippen LogP contribution in [0.3, 0.4) is 0 Å². The highest BCUT2D eigenvalue weighted by molar-refractivity contribution is 5.31. The van der Waals surface area contributed by atoms with E-state index in [0.29, 0.717) is 0 Å². The van der Waals surface area contributed by atoms with Gasteiger partial charge in [0, 0.05) is 0 Å². The third-order valence-electron chi connectivity index (χ3n) is 4.52. The van der Waals surface area contributed by atoms with Gasteiger partial charge in [0.2, 0.25) is 0 Å². The van der Waals surface area contributed by atoms with Crippen LogP contribution in [0.5, 0.6) is 0 Å². The molecule has 0 spiro atoms. The molecule has 17 heavy (non-hydrogen) atoms. The molecule has 0 bridgehead atoms. The van der Waals surface area contributed by atoms with E-state index in [1.54, 1.807) is 11.1 Å². The molecule has 1 nitrogen and oxygen atoms in total. The Kier molecular flexibility index (Phi) is 3.46. The van der Waals surface area contributed by atoms with Gasteiger partial charge in [-0.1, -0.05) is 37.1 Å². The summed E-state index contributed by atoms with van der Waals surface area (Å²) >= 11 is 0. The van der Waals surface area contributed by atoms with Gasteiger partial charge in [-0.3, -0.25) is 0 Å². The topological polar surface area (TPSA) is 12.0 Å². The van der Waals surface area contributed by atoms with Crippen molar-refractivity contribution in [3.05, 3.63) is 35.4 Å². The van der Waals surface area contributed by atoms with E-state index < -0.39 is 0 Å². The molecular formula is C16H23N. The summed E-state index contributed by atoms with van der Waals surface area (Å²) in [5.74, 6) is 1.73. The van der Waals surface area contributed by atoms with Gasteiger partial charge in [-0.25, -0.2) is 0 Å². The minimum atomic E-state index is 0.862. The molecule has 1 aromatic rings.